The average molecular weight is 291 g/mol. The Hall–Kier alpha value is -1.99. The van der Waals surface area contributed by atoms with E-state index in [4.69, 9.17) is 10.6 Å². The summed E-state index contributed by atoms with van der Waals surface area (Å²) in [6, 6.07) is 9.63. The zero-order valence-electron chi connectivity index (χ0n) is 11.4. The number of nitrogens with zero attached hydrogens (tertiary/aromatic N) is 2. The highest BCUT2D eigenvalue weighted by Crippen LogP contribution is 2.18. The molecule has 1 aromatic heterocycles. The second-order valence-electron chi connectivity index (χ2n) is 3.97. The zero-order valence-corrected chi connectivity index (χ0v) is 12.2. The van der Waals surface area contributed by atoms with Crippen molar-refractivity contribution in [1.82, 2.24) is 9.97 Å². The number of hydrazine groups is 1. The molecule has 1 aromatic carbocycles. The number of hydrogen-bond acceptors (Lipinski definition) is 7. The van der Waals surface area contributed by atoms with Crippen LogP contribution in [-0.2, 0) is 6.54 Å². The van der Waals surface area contributed by atoms with Crippen molar-refractivity contribution in [1.29, 1.82) is 0 Å². The van der Waals surface area contributed by atoms with Gasteiger partial charge in [-0.25, -0.2) is 15.8 Å². The summed E-state index contributed by atoms with van der Waals surface area (Å²) in [5.41, 5.74) is 3.64. The van der Waals surface area contributed by atoms with Crippen molar-refractivity contribution in [2.75, 3.05) is 24.1 Å². The van der Waals surface area contributed by atoms with Crippen molar-refractivity contribution in [3.8, 4) is 5.75 Å². The van der Waals surface area contributed by atoms with Crippen LogP contribution in [0.1, 0.15) is 5.56 Å². The average Bonchev–Trinajstić information content (AvgIpc) is 2.52. The Morgan fingerprint density at radius 3 is 2.75 bits per heavy atom. The van der Waals surface area contributed by atoms with Crippen molar-refractivity contribution in [3.63, 3.8) is 0 Å². The second kappa shape index (κ2) is 6.97. The van der Waals surface area contributed by atoms with Crippen LogP contribution in [0.5, 0.6) is 5.75 Å². The van der Waals surface area contributed by atoms with Crippen molar-refractivity contribution in [2.45, 2.75) is 11.7 Å². The minimum Gasteiger partial charge on any atom is -0.497 e. The van der Waals surface area contributed by atoms with E-state index in [1.165, 1.54) is 11.8 Å². The Labute approximate surface area is 122 Å². The Morgan fingerprint density at radius 2 is 2.05 bits per heavy atom. The fourth-order valence-electron chi connectivity index (χ4n) is 1.66. The molecule has 0 bridgehead atoms. The summed E-state index contributed by atoms with van der Waals surface area (Å²) in [6.07, 6.45) is 1.92. The Morgan fingerprint density at radius 1 is 1.25 bits per heavy atom. The first-order chi connectivity index (χ1) is 9.75. The Bertz CT molecular complexity index is 556. The lowest BCUT2D eigenvalue weighted by Gasteiger charge is -2.09. The molecule has 0 spiro atoms. The fraction of sp³-hybridized carbons (Fsp3) is 0.231. The van der Waals surface area contributed by atoms with Crippen LogP contribution in [0.4, 0.5) is 11.6 Å². The number of benzene rings is 1. The number of thioether (sulfide) groups is 1. The lowest BCUT2D eigenvalue weighted by atomic mass is 10.2. The van der Waals surface area contributed by atoms with Crippen LogP contribution in [0.2, 0.25) is 0 Å². The van der Waals surface area contributed by atoms with Gasteiger partial charge in [-0.05, 0) is 24.0 Å². The van der Waals surface area contributed by atoms with E-state index < -0.39 is 0 Å². The van der Waals surface area contributed by atoms with Crippen LogP contribution >= 0.6 is 11.8 Å². The van der Waals surface area contributed by atoms with E-state index in [1.54, 1.807) is 13.2 Å². The van der Waals surface area contributed by atoms with Gasteiger partial charge in [0.25, 0.3) is 0 Å². The van der Waals surface area contributed by atoms with Crippen molar-refractivity contribution in [2.24, 2.45) is 5.84 Å². The quantitative estimate of drug-likeness (QED) is 0.325. The molecule has 2 rings (SSSR count). The third-order valence-corrected chi connectivity index (χ3v) is 3.19. The highest BCUT2D eigenvalue weighted by Gasteiger charge is 2.03. The van der Waals surface area contributed by atoms with E-state index in [0.717, 1.165) is 17.1 Å². The minimum atomic E-state index is 0.581. The SMILES string of the molecule is COc1cccc(CNc2cc(NN)nc(SC)n2)c1. The summed E-state index contributed by atoms with van der Waals surface area (Å²) in [5.74, 6) is 7.53. The first-order valence-corrected chi connectivity index (χ1v) is 7.24. The van der Waals surface area contributed by atoms with E-state index in [0.29, 0.717) is 17.5 Å². The van der Waals surface area contributed by atoms with Crippen molar-refractivity contribution < 1.29 is 4.74 Å². The van der Waals surface area contributed by atoms with Gasteiger partial charge < -0.3 is 15.5 Å². The molecular formula is C13H17N5OS. The monoisotopic (exact) mass is 291 g/mol. The smallest absolute Gasteiger partial charge is 0.191 e. The molecule has 0 fully saturated rings. The minimum absolute atomic E-state index is 0.581. The van der Waals surface area contributed by atoms with E-state index in [-0.39, 0.29) is 0 Å². The molecule has 0 aliphatic carbocycles. The first-order valence-electron chi connectivity index (χ1n) is 6.01. The third kappa shape index (κ3) is 3.75. The maximum Gasteiger partial charge on any atom is 0.191 e. The predicted octanol–water partition coefficient (Wildman–Crippen LogP) is 2.10. The molecular weight excluding hydrogens is 274 g/mol. The number of aromatic nitrogens is 2. The normalized spacial score (nSPS) is 10.2. The maximum absolute atomic E-state index is 5.39. The summed E-state index contributed by atoms with van der Waals surface area (Å²) in [6.45, 7) is 0.645. The highest BCUT2D eigenvalue weighted by atomic mass is 32.2. The van der Waals surface area contributed by atoms with Crippen LogP contribution in [0.3, 0.4) is 0 Å². The molecule has 106 valence electrons. The zero-order chi connectivity index (χ0) is 14.4. The molecule has 2 aromatic rings. The number of nitrogens with one attached hydrogen (secondary N) is 2. The molecule has 0 saturated carbocycles. The summed E-state index contributed by atoms with van der Waals surface area (Å²) < 4.78 is 5.20. The van der Waals surface area contributed by atoms with Crippen molar-refractivity contribution in [3.05, 3.63) is 35.9 Å². The van der Waals surface area contributed by atoms with Crippen molar-refractivity contribution >= 4 is 23.4 Å². The molecule has 0 aliphatic rings. The van der Waals surface area contributed by atoms with E-state index in [2.05, 4.69) is 20.7 Å². The van der Waals surface area contributed by atoms with Gasteiger partial charge in [-0.15, -0.1) is 0 Å². The molecule has 0 aliphatic heterocycles. The first kappa shape index (κ1) is 14.4. The largest absolute Gasteiger partial charge is 0.497 e. The lowest BCUT2D eigenvalue weighted by Crippen LogP contribution is -2.11. The molecule has 0 amide bonds. The molecule has 7 heteroatoms. The van der Waals surface area contributed by atoms with Gasteiger partial charge in [0.05, 0.1) is 7.11 Å². The van der Waals surface area contributed by atoms with Gasteiger partial charge >= 0.3 is 0 Å². The maximum atomic E-state index is 5.39. The Balaban J connectivity index is 2.09. The molecule has 0 radical (unpaired) electrons. The van der Waals surface area contributed by atoms with Gasteiger partial charge in [-0.1, -0.05) is 23.9 Å². The Kier molecular flexibility index (Phi) is 5.03. The fourth-order valence-corrected chi connectivity index (χ4v) is 2.04. The standard InChI is InChI=1S/C13H17N5OS/c1-19-10-5-3-4-9(6-10)8-15-11-7-12(18-14)17-13(16-11)20-2/h3-7H,8,14H2,1-2H3,(H2,15,16,17,18). The number of methoxy groups -OCH3 is 1. The van der Waals surface area contributed by atoms with Crippen LogP contribution in [0, 0.1) is 0 Å². The number of ether oxygens (including phenoxy) is 1. The van der Waals surface area contributed by atoms with E-state index in [1.807, 2.05) is 30.5 Å². The molecule has 6 nitrogen and oxygen atoms in total. The van der Waals surface area contributed by atoms with Gasteiger partial charge in [-0.3, -0.25) is 0 Å². The molecule has 1 heterocycles. The summed E-state index contributed by atoms with van der Waals surface area (Å²) in [4.78, 5) is 8.58. The number of nitrogen functional groups attached to an aromatic ring is 1. The van der Waals surface area contributed by atoms with Gasteiger partial charge in [0.2, 0.25) is 0 Å². The molecule has 0 atom stereocenters. The lowest BCUT2D eigenvalue weighted by molar-refractivity contribution is 0.414. The number of anilines is 2. The summed E-state index contributed by atoms with van der Waals surface area (Å²) in [7, 11) is 1.65. The van der Waals surface area contributed by atoms with Crippen LogP contribution < -0.4 is 21.3 Å². The number of rotatable bonds is 6. The summed E-state index contributed by atoms with van der Waals surface area (Å²) in [5, 5.41) is 3.91. The van der Waals surface area contributed by atoms with Gasteiger partial charge in [0, 0.05) is 12.6 Å². The van der Waals surface area contributed by atoms with E-state index in [9.17, 15) is 0 Å². The second-order valence-corrected chi connectivity index (χ2v) is 4.75. The predicted molar refractivity (Wildman–Crippen MR) is 81.9 cm³/mol. The molecule has 4 N–H and O–H groups in total. The molecule has 0 saturated heterocycles. The third-order valence-electron chi connectivity index (χ3n) is 2.64. The van der Waals surface area contributed by atoms with Crippen LogP contribution in [0.25, 0.3) is 0 Å². The van der Waals surface area contributed by atoms with Crippen LogP contribution in [0.15, 0.2) is 35.5 Å². The van der Waals surface area contributed by atoms with Crippen LogP contribution in [-0.4, -0.2) is 23.3 Å². The van der Waals surface area contributed by atoms with Gasteiger partial charge in [-0.2, -0.15) is 0 Å². The highest BCUT2D eigenvalue weighted by molar-refractivity contribution is 7.98. The number of nitrogens with two attached hydrogens (primary N) is 1. The number of hydrogen-bond donors (Lipinski definition) is 3. The molecule has 20 heavy (non-hydrogen) atoms. The summed E-state index contributed by atoms with van der Waals surface area (Å²) >= 11 is 1.46. The topological polar surface area (TPSA) is 85.1 Å². The van der Waals surface area contributed by atoms with Gasteiger partial charge in [0.15, 0.2) is 5.16 Å². The van der Waals surface area contributed by atoms with Gasteiger partial charge in [0.1, 0.15) is 17.4 Å². The molecule has 0 unspecified atom stereocenters. The van der Waals surface area contributed by atoms with E-state index >= 15 is 0 Å².